The fourth-order valence-electron chi connectivity index (χ4n) is 3.11. The van der Waals surface area contributed by atoms with E-state index in [0.717, 1.165) is 16.9 Å². The van der Waals surface area contributed by atoms with Crippen molar-refractivity contribution >= 4 is 39.5 Å². The first-order valence-electron chi connectivity index (χ1n) is 7.84. The van der Waals surface area contributed by atoms with Gasteiger partial charge in [0.05, 0.1) is 19.4 Å². The lowest BCUT2D eigenvalue weighted by Gasteiger charge is -2.21. The maximum Gasteiger partial charge on any atom is 0.343 e. The van der Waals surface area contributed by atoms with E-state index in [0.29, 0.717) is 39.9 Å². The summed E-state index contributed by atoms with van der Waals surface area (Å²) in [5.74, 6) is 0.931. The average Bonchev–Trinajstić information content (AvgIpc) is 3.39. The molecule has 25 heavy (non-hydrogen) atoms. The van der Waals surface area contributed by atoms with Gasteiger partial charge in [-0.15, -0.1) is 0 Å². The Morgan fingerprint density at radius 2 is 2.24 bits per heavy atom. The third kappa shape index (κ3) is 3.11. The van der Waals surface area contributed by atoms with Crippen LogP contribution in [-0.2, 0) is 4.74 Å². The second-order valence-electron chi connectivity index (χ2n) is 6.09. The zero-order valence-electron chi connectivity index (χ0n) is 13.3. The van der Waals surface area contributed by atoms with Crippen molar-refractivity contribution in [3.63, 3.8) is 0 Å². The second kappa shape index (κ2) is 6.53. The summed E-state index contributed by atoms with van der Waals surface area (Å²) in [5.41, 5.74) is 2.11. The molecule has 1 fully saturated rings. The zero-order valence-corrected chi connectivity index (χ0v) is 15.7. The number of rotatable bonds is 4. The smallest absolute Gasteiger partial charge is 0.343 e. The van der Waals surface area contributed by atoms with Crippen LogP contribution in [0.3, 0.4) is 0 Å². The van der Waals surface area contributed by atoms with Crippen molar-refractivity contribution < 1.29 is 18.7 Å². The number of carbonyl (C=O) groups excluding carboxylic acids is 1. The van der Waals surface area contributed by atoms with Gasteiger partial charge >= 0.3 is 5.97 Å². The monoisotopic (exact) mass is 423 g/mol. The van der Waals surface area contributed by atoms with Gasteiger partial charge in [-0.1, -0.05) is 6.07 Å². The van der Waals surface area contributed by atoms with Crippen molar-refractivity contribution in [2.75, 3.05) is 18.4 Å². The predicted octanol–water partition coefficient (Wildman–Crippen LogP) is 4.99. The van der Waals surface area contributed by atoms with Crippen molar-refractivity contribution in [3.05, 3.63) is 51.7 Å². The number of benzene rings is 2. The summed E-state index contributed by atoms with van der Waals surface area (Å²) in [6.07, 6.45) is 1.11. The highest BCUT2D eigenvalue weighted by Crippen LogP contribution is 2.55. The molecule has 0 aromatic heterocycles. The molecule has 1 N–H and O–H groups in total. The number of methoxy groups -OCH3 is 1. The third-order valence-electron chi connectivity index (χ3n) is 4.51. The maximum atomic E-state index is 13.2. The van der Waals surface area contributed by atoms with Gasteiger partial charge in [-0.3, -0.25) is 0 Å². The molecule has 0 radical (unpaired) electrons. The van der Waals surface area contributed by atoms with Gasteiger partial charge < -0.3 is 14.2 Å². The minimum absolute atomic E-state index is 0.312. The summed E-state index contributed by atoms with van der Waals surface area (Å²) in [7, 11) is 1.36. The van der Waals surface area contributed by atoms with Crippen LogP contribution in [0.4, 0.5) is 10.1 Å². The van der Waals surface area contributed by atoms with E-state index in [1.807, 2.05) is 12.1 Å². The Hall–Kier alpha value is -1.73. The standard InChI is InChI=1S/C18H15BrFNO3S/c1-23-18(22)16-14(21-25-15-5-2-10(20)7-13(15)19)4-3-11-12-6-9(12)8-24-17(11)16/h2-5,7,9,12,21H,6,8H2,1H3. The topological polar surface area (TPSA) is 47.6 Å². The SMILES string of the molecule is COC(=O)c1c(NSc2ccc(F)cc2Br)ccc2c1OCC1CC21. The van der Waals surface area contributed by atoms with Gasteiger partial charge in [-0.05, 0) is 70.0 Å². The Balaban J connectivity index is 1.66. The molecule has 0 amide bonds. The molecule has 2 aliphatic rings. The van der Waals surface area contributed by atoms with Crippen molar-refractivity contribution in [3.8, 4) is 5.75 Å². The molecule has 1 saturated carbocycles. The molecule has 2 aromatic carbocycles. The van der Waals surface area contributed by atoms with Crippen molar-refractivity contribution in [1.29, 1.82) is 0 Å². The van der Waals surface area contributed by atoms with Crippen LogP contribution >= 0.6 is 27.9 Å². The molecular weight excluding hydrogens is 409 g/mol. The highest BCUT2D eigenvalue weighted by molar-refractivity contribution is 9.10. The van der Waals surface area contributed by atoms with Gasteiger partial charge in [-0.2, -0.15) is 0 Å². The summed E-state index contributed by atoms with van der Waals surface area (Å²) in [5, 5.41) is 0. The van der Waals surface area contributed by atoms with Gasteiger partial charge in [0.2, 0.25) is 0 Å². The van der Waals surface area contributed by atoms with Gasteiger partial charge in [0, 0.05) is 15.3 Å². The van der Waals surface area contributed by atoms with Gasteiger partial charge in [-0.25, -0.2) is 9.18 Å². The molecule has 4 nitrogen and oxygen atoms in total. The predicted molar refractivity (Wildman–Crippen MR) is 97.7 cm³/mol. The minimum atomic E-state index is -0.433. The summed E-state index contributed by atoms with van der Waals surface area (Å²) >= 11 is 4.62. The minimum Gasteiger partial charge on any atom is -0.492 e. The molecule has 1 aliphatic heterocycles. The Bertz CT molecular complexity index is 860. The fraction of sp³-hybridized carbons (Fsp3) is 0.278. The number of esters is 1. The van der Waals surface area contributed by atoms with E-state index >= 15 is 0 Å². The zero-order chi connectivity index (χ0) is 17.6. The van der Waals surface area contributed by atoms with E-state index in [2.05, 4.69) is 20.7 Å². The molecule has 0 bridgehead atoms. The quantitative estimate of drug-likeness (QED) is 0.554. The Labute approximate surface area is 157 Å². The number of fused-ring (bicyclic) bond motifs is 3. The second-order valence-corrected chi connectivity index (χ2v) is 7.79. The third-order valence-corrected chi connectivity index (χ3v) is 6.32. The maximum absolute atomic E-state index is 13.2. The molecule has 130 valence electrons. The lowest BCUT2D eigenvalue weighted by molar-refractivity contribution is 0.0596. The number of halogens is 2. The molecule has 0 saturated heterocycles. The van der Waals surface area contributed by atoms with Gasteiger partial charge in [0.1, 0.15) is 17.1 Å². The van der Waals surface area contributed by atoms with Gasteiger partial charge in [0.15, 0.2) is 0 Å². The average molecular weight is 424 g/mol. The van der Waals surface area contributed by atoms with Crippen LogP contribution in [-0.4, -0.2) is 19.7 Å². The van der Waals surface area contributed by atoms with Crippen LogP contribution in [0.1, 0.15) is 28.3 Å². The Morgan fingerprint density at radius 3 is 3.00 bits per heavy atom. The van der Waals surface area contributed by atoms with E-state index < -0.39 is 5.97 Å². The van der Waals surface area contributed by atoms with Crippen LogP contribution in [0, 0.1) is 11.7 Å². The highest BCUT2D eigenvalue weighted by atomic mass is 79.9. The van der Waals surface area contributed by atoms with Crippen LogP contribution in [0.2, 0.25) is 0 Å². The van der Waals surface area contributed by atoms with Crippen LogP contribution in [0.25, 0.3) is 0 Å². The van der Waals surface area contributed by atoms with E-state index in [9.17, 15) is 9.18 Å². The van der Waals surface area contributed by atoms with E-state index in [1.54, 1.807) is 6.07 Å². The summed E-state index contributed by atoms with van der Waals surface area (Å²) < 4.78 is 27.8. The Kier molecular flexibility index (Phi) is 4.37. The molecule has 1 heterocycles. The first kappa shape index (κ1) is 16.7. The first-order chi connectivity index (χ1) is 12.1. The Morgan fingerprint density at radius 1 is 1.40 bits per heavy atom. The fourth-order valence-corrected chi connectivity index (χ4v) is 4.38. The van der Waals surface area contributed by atoms with E-state index in [4.69, 9.17) is 9.47 Å². The van der Waals surface area contributed by atoms with Crippen molar-refractivity contribution in [1.82, 2.24) is 0 Å². The van der Waals surface area contributed by atoms with Crippen LogP contribution < -0.4 is 9.46 Å². The lowest BCUT2D eigenvalue weighted by Crippen LogP contribution is -2.15. The molecule has 1 aliphatic carbocycles. The van der Waals surface area contributed by atoms with Gasteiger partial charge in [0.25, 0.3) is 0 Å². The molecule has 7 heteroatoms. The summed E-state index contributed by atoms with van der Waals surface area (Å²) in [4.78, 5) is 13.1. The number of anilines is 1. The van der Waals surface area contributed by atoms with Crippen molar-refractivity contribution in [2.45, 2.75) is 17.2 Å². The number of nitrogens with one attached hydrogen (secondary N) is 1. The van der Waals surface area contributed by atoms with Crippen molar-refractivity contribution in [2.24, 2.45) is 5.92 Å². The normalized spacial score (nSPS) is 20.1. The largest absolute Gasteiger partial charge is 0.492 e. The molecule has 2 unspecified atom stereocenters. The van der Waals surface area contributed by atoms with E-state index in [1.165, 1.54) is 31.2 Å². The molecule has 2 aromatic rings. The number of hydrogen-bond donors (Lipinski definition) is 1. The van der Waals surface area contributed by atoms with E-state index in [-0.39, 0.29) is 5.82 Å². The number of hydrogen-bond acceptors (Lipinski definition) is 5. The highest BCUT2D eigenvalue weighted by Gasteiger charge is 2.45. The summed E-state index contributed by atoms with van der Waals surface area (Å²) in [6.45, 7) is 0.641. The first-order valence-corrected chi connectivity index (χ1v) is 9.45. The molecule has 0 spiro atoms. The number of ether oxygens (including phenoxy) is 2. The number of carbonyl (C=O) groups is 1. The molecule has 4 rings (SSSR count). The summed E-state index contributed by atoms with van der Waals surface area (Å²) in [6, 6.07) is 8.33. The molecule has 2 atom stereocenters. The van der Waals surface area contributed by atoms with Crippen LogP contribution in [0.15, 0.2) is 39.7 Å². The van der Waals surface area contributed by atoms with Crippen LogP contribution in [0.5, 0.6) is 5.75 Å². The molecular formula is C18H15BrFNO3S. The lowest BCUT2D eigenvalue weighted by atomic mass is 10.0.